The van der Waals surface area contributed by atoms with E-state index in [-0.39, 0.29) is 43.0 Å². The van der Waals surface area contributed by atoms with Crippen LogP contribution in [-0.4, -0.2) is 71.9 Å². The zero-order valence-corrected chi connectivity index (χ0v) is 25.7. The van der Waals surface area contributed by atoms with Crippen molar-refractivity contribution in [3.05, 3.63) is 77.2 Å². The van der Waals surface area contributed by atoms with Crippen molar-refractivity contribution < 1.29 is 23.5 Å². The Kier molecular flexibility index (Phi) is 7.38. The molecule has 2 aromatic carbocycles. The second-order valence-corrected chi connectivity index (χ2v) is 16.2. The van der Waals surface area contributed by atoms with E-state index in [0.717, 1.165) is 6.42 Å². The molecule has 11 heteroatoms. The third kappa shape index (κ3) is 4.56. The lowest BCUT2D eigenvalue weighted by atomic mass is 9.82. The number of aromatic nitrogens is 2. The van der Waals surface area contributed by atoms with Crippen LogP contribution in [0, 0.1) is 5.92 Å². The Balaban J connectivity index is 1.46. The molecule has 9 nitrogen and oxygen atoms in total. The number of hydrogen-bond acceptors (Lipinski definition) is 6. The monoisotopic (exact) mass is 604 g/mol. The number of fused-ring (bicyclic) bond motifs is 3. The van der Waals surface area contributed by atoms with Gasteiger partial charge in [-0.05, 0) is 50.2 Å². The number of halogens is 1. The Hall–Kier alpha value is -3.67. The van der Waals surface area contributed by atoms with E-state index in [1.807, 2.05) is 19.1 Å². The summed E-state index contributed by atoms with van der Waals surface area (Å²) >= 11 is 0. The Morgan fingerprint density at radius 1 is 1.26 bits per heavy atom. The van der Waals surface area contributed by atoms with Crippen LogP contribution in [0.25, 0.3) is 16.5 Å². The largest absolute Gasteiger partial charge is 0.394 e. The molecule has 226 valence electrons. The highest BCUT2D eigenvalue weighted by Gasteiger charge is 2.67. The number of carbonyl (C=O) groups is 2. The number of hydrogen-bond donors (Lipinski definition) is 1. The number of ether oxygens (including phenoxy) is 1. The lowest BCUT2D eigenvalue weighted by Gasteiger charge is -2.31. The van der Waals surface area contributed by atoms with Crippen LogP contribution in [0.2, 0.25) is 18.6 Å². The van der Waals surface area contributed by atoms with Crippen molar-refractivity contribution in [2.45, 2.75) is 62.6 Å². The van der Waals surface area contributed by atoms with Crippen LogP contribution in [0.1, 0.15) is 31.7 Å². The summed E-state index contributed by atoms with van der Waals surface area (Å²) < 4.78 is 24.2. The van der Waals surface area contributed by atoms with Crippen LogP contribution >= 0.6 is 0 Å². The van der Waals surface area contributed by atoms with Gasteiger partial charge < -0.3 is 23.8 Å². The molecule has 0 radical (unpaired) electrons. The summed E-state index contributed by atoms with van der Waals surface area (Å²) in [4.78, 5) is 44.6. The molecular weight excluding hydrogens is 567 g/mol. The van der Waals surface area contributed by atoms with E-state index in [1.54, 1.807) is 65.5 Å². The number of carbonyl (C=O) groups excluding carboxylic acids is 2. The van der Waals surface area contributed by atoms with E-state index < -0.39 is 31.6 Å². The van der Waals surface area contributed by atoms with Crippen molar-refractivity contribution in [2.24, 2.45) is 5.92 Å². The Morgan fingerprint density at radius 2 is 2.02 bits per heavy atom. The quantitative estimate of drug-likeness (QED) is 0.248. The number of nitrogens with zero attached hydrogens (tertiary/aromatic N) is 4. The second-order valence-electron chi connectivity index (χ2n) is 12.4. The van der Waals surface area contributed by atoms with Gasteiger partial charge in [-0.2, -0.15) is 9.78 Å². The SMILES string of the molecule is C=CCN1C(=O)[C@@]2(O[C@@H](CC(=O)N3CCC[C@H]3CO)[C@H]([Si](C)(C)F)[C@H]2C)c2cc(-n3ncc4ccccc4c3=O)ccc21. The van der Waals surface area contributed by atoms with E-state index in [0.29, 0.717) is 40.7 Å². The van der Waals surface area contributed by atoms with Gasteiger partial charge in [0.15, 0.2) is 5.60 Å². The van der Waals surface area contributed by atoms with E-state index in [9.17, 15) is 19.5 Å². The molecule has 0 unspecified atom stereocenters. The summed E-state index contributed by atoms with van der Waals surface area (Å²) in [5, 5.41) is 15.4. The molecule has 1 spiro atoms. The molecule has 5 atom stereocenters. The number of amides is 2. The molecule has 4 heterocycles. The van der Waals surface area contributed by atoms with Gasteiger partial charge in [-0.15, -0.1) is 6.58 Å². The number of likely N-dealkylation sites (tertiary alicyclic amines) is 1. The summed E-state index contributed by atoms with van der Waals surface area (Å²) in [5.74, 6) is -1.14. The van der Waals surface area contributed by atoms with Crippen molar-refractivity contribution >= 4 is 36.7 Å². The lowest BCUT2D eigenvalue weighted by Crippen LogP contribution is -2.45. The fourth-order valence-electron chi connectivity index (χ4n) is 7.60. The first-order valence-corrected chi connectivity index (χ1v) is 17.8. The number of rotatable bonds is 7. The van der Waals surface area contributed by atoms with E-state index in [1.165, 1.54) is 4.68 Å². The minimum absolute atomic E-state index is 0.0803. The summed E-state index contributed by atoms with van der Waals surface area (Å²) in [5.41, 5.74) is -0.937. The fraction of sp³-hybridized carbons (Fsp3) is 0.438. The topological polar surface area (TPSA) is 105 Å². The lowest BCUT2D eigenvalue weighted by molar-refractivity contribution is -0.149. The third-order valence-electron chi connectivity index (χ3n) is 9.48. The van der Waals surface area contributed by atoms with Crippen LogP contribution in [0.5, 0.6) is 0 Å². The molecule has 3 aromatic rings. The Labute approximate surface area is 250 Å². The van der Waals surface area contributed by atoms with Gasteiger partial charge in [-0.25, -0.2) is 0 Å². The Bertz CT molecular complexity index is 1670. The van der Waals surface area contributed by atoms with Gasteiger partial charge in [-0.1, -0.05) is 31.2 Å². The third-order valence-corrected chi connectivity index (χ3v) is 11.9. The normalized spacial score (nSPS) is 27.0. The molecule has 0 saturated carbocycles. The van der Waals surface area contributed by atoms with Gasteiger partial charge in [0, 0.05) is 35.5 Å². The first kappa shape index (κ1) is 29.4. The molecule has 0 aliphatic carbocycles. The average molecular weight is 605 g/mol. The smallest absolute Gasteiger partial charge is 0.279 e. The van der Waals surface area contributed by atoms with Crippen molar-refractivity contribution in [3.63, 3.8) is 0 Å². The minimum atomic E-state index is -3.49. The molecule has 3 aliphatic heterocycles. The highest BCUT2D eigenvalue weighted by Crippen LogP contribution is 2.60. The number of aliphatic hydroxyl groups excluding tert-OH is 1. The van der Waals surface area contributed by atoms with Crippen LogP contribution in [0.15, 0.2) is 66.1 Å². The van der Waals surface area contributed by atoms with Crippen molar-refractivity contribution in [1.29, 1.82) is 0 Å². The molecule has 3 aliphatic rings. The molecule has 2 saturated heterocycles. The predicted octanol–water partition coefficient (Wildman–Crippen LogP) is 4.07. The highest BCUT2D eigenvalue weighted by atomic mass is 28.4. The molecule has 6 rings (SSSR count). The first-order chi connectivity index (χ1) is 20.5. The molecule has 1 N–H and O–H groups in total. The number of anilines is 1. The fourth-order valence-corrected chi connectivity index (χ4v) is 10.1. The van der Waals surface area contributed by atoms with Crippen molar-refractivity contribution in [1.82, 2.24) is 14.7 Å². The predicted molar refractivity (Wildman–Crippen MR) is 164 cm³/mol. The van der Waals surface area contributed by atoms with E-state index >= 15 is 4.11 Å². The van der Waals surface area contributed by atoms with Crippen molar-refractivity contribution in [2.75, 3.05) is 24.6 Å². The van der Waals surface area contributed by atoms with Gasteiger partial charge in [0.1, 0.15) is 0 Å². The van der Waals surface area contributed by atoms with Gasteiger partial charge >= 0.3 is 0 Å². The zero-order chi connectivity index (χ0) is 30.7. The van der Waals surface area contributed by atoms with E-state index in [4.69, 9.17) is 4.74 Å². The maximum atomic E-state index is 16.2. The molecule has 43 heavy (non-hydrogen) atoms. The first-order valence-electron chi connectivity index (χ1n) is 14.8. The summed E-state index contributed by atoms with van der Waals surface area (Å²) in [6, 6.07) is 12.2. The summed E-state index contributed by atoms with van der Waals surface area (Å²) in [6.45, 7) is 9.47. The van der Waals surface area contributed by atoms with Gasteiger partial charge in [0.2, 0.25) is 14.3 Å². The zero-order valence-electron chi connectivity index (χ0n) is 24.7. The van der Waals surface area contributed by atoms with Crippen LogP contribution in [-0.2, 0) is 19.9 Å². The van der Waals surface area contributed by atoms with Crippen LogP contribution < -0.4 is 10.5 Å². The van der Waals surface area contributed by atoms with Crippen LogP contribution in [0.3, 0.4) is 0 Å². The molecule has 0 bridgehead atoms. The molecular formula is C32H37FN4O5Si. The maximum Gasteiger partial charge on any atom is 0.279 e. The van der Waals surface area contributed by atoms with E-state index in [2.05, 4.69) is 11.7 Å². The molecule has 2 amide bonds. The number of aliphatic hydroxyl groups is 1. The van der Waals surface area contributed by atoms with Gasteiger partial charge in [0.25, 0.3) is 11.5 Å². The number of benzene rings is 2. The van der Waals surface area contributed by atoms with Gasteiger partial charge in [-0.3, -0.25) is 14.4 Å². The second kappa shape index (κ2) is 10.8. The Morgan fingerprint density at radius 3 is 2.74 bits per heavy atom. The highest BCUT2D eigenvalue weighted by molar-refractivity contribution is 6.72. The molecule has 2 fully saturated rings. The standard InChI is InChI=1S/C32H37FN4O5Si/c1-5-14-36-26-13-12-22(37-30(40)24-11-7-6-9-21(24)18-34-37)16-25(26)32(31(36)41)20(2)29(43(3,4)33)27(42-32)17-28(39)35-15-8-10-23(35)19-38/h5-7,9,11-13,16,18,20,23,27,29,38H,1,8,10,14-15,17,19H2,2-4H3/t20-,23+,27+,29-,32+/m1/s1. The molecule has 1 aromatic heterocycles. The summed E-state index contributed by atoms with van der Waals surface area (Å²) in [6.07, 6.45) is 3.84. The van der Waals surface area contributed by atoms with Gasteiger partial charge in [0.05, 0.1) is 48.1 Å². The average Bonchev–Trinajstić information content (AvgIpc) is 3.64. The van der Waals surface area contributed by atoms with Crippen molar-refractivity contribution in [3.8, 4) is 5.69 Å². The minimum Gasteiger partial charge on any atom is -0.394 e. The van der Waals surface area contributed by atoms with Crippen LogP contribution in [0.4, 0.5) is 9.80 Å². The maximum absolute atomic E-state index is 16.2. The summed E-state index contributed by atoms with van der Waals surface area (Å²) in [7, 11) is -3.49.